The van der Waals surface area contributed by atoms with Crippen molar-refractivity contribution in [1.82, 2.24) is 4.90 Å². The predicted octanol–water partition coefficient (Wildman–Crippen LogP) is 3.21. The van der Waals surface area contributed by atoms with E-state index < -0.39 is 0 Å². The second kappa shape index (κ2) is 5.83. The molecular weight excluding hydrogens is 292 g/mol. The van der Waals surface area contributed by atoms with Gasteiger partial charge in [0.1, 0.15) is 17.7 Å². The first-order valence-corrected chi connectivity index (χ1v) is 7.41. The summed E-state index contributed by atoms with van der Waals surface area (Å²) in [7, 11) is 5.01. The average Bonchev–Trinajstić information content (AvgIpc) is 2.58. The summed E-state index contributed by atoms with van der Waals surface area (Å²) in [6.45, 7) is 1.98. The van der Waals surface area contributed by atoms with E-state index in [1.165, 1.54) is 0 Å². The Morgan fingerprint density at radius 3 is 2.30 bits per heavy atom. The van der Waals surface area contributed by atoms with Crippen LogP contribution in [0.25, 0.3) is 0 Å². The normalized spacial score (nSPS) is 16.6. The predicted molar refractivity (Wildman–Crippen MR) is 89.2 cm³/mol. The van der Waals surface area contributed by atoms with Crippen LogP contribution in [0.15, 0.2) is 36.4 Å². The van der Waals surface area contributed by atoms with E-state index in [1.807, 2.05) is 43.3 Å². The first-order valence-electron chi connectivity index (χ1n) is 7.41. The lowest BCUT2D eigenvalue weighted by Gasteiger charge is -2.36. The first-order chi connectivity index (χ1) is 11.0. The molecule has 1 aliphatic heterocycles. The zero-order valence-corrected chi connectivity index (χ0v) is 13.7. The fourth-order valence-corrected chi connectivity index (χ4v) is 2.81. The van der Waals surface area contributed by atoms with Gasteiger partial charge in [0, 0.05) is 24.4 Å². The van der Waals surface area contributed by atoms with Crippen molar-refractivity contribution in [1.29, 1.82) is 0 Å². The highest BCUT2D eigenvalue weighted by atomic mass is 16.5. The van der Waals surface area contributed by atoms with Gasteiger partial charge in [0.15, 0.2) is 0 Å². The van der Waals surface area contributed by atoms with E-state index in [0.717, 1.165) is 16.8 Å². The van der Waals surface area contributed by atoms with Crippen LogP contribution in [0.5, 0.6) is 11.5 Å². The molecule has 5 heteroatoms. The van der Waals surface area contributed by atoms with Gasteiger partial charge in [0.05, 0.1) is 19.8 Å². The number of carbonyl (C=O) groups excluding carboxylic acids is 1. The van der Waals surface area contributed by atoms with Crippen molar-refractivity contribution in [3.05, 3.63) is 53.1 Å². The van der Waals surface area contributed by atoms with Crippen molar-refractivity contribution >= 4 is 11.6 Å². The van der Waals surface area contributed by atoms with Crippen LogP contribution < -0.4 is 14.8 Å². The van der Waals surface area contributed by atoms with Crippen molar-refractivity contribution in [3.63, 3.8) is 0 Å². The second-order valence-corrected chi connectivity index (χ2v) is 5.66. The highest BCUT2D eigenvalue weighted by Crippen LogP contribution is 2.35. The summed E-state index contributed by atoms with van der Waals surface area (Å²) in [5.41, 5.74) is 3.50. The van der Waals surface area contributed by atoms with Crippen LogP contribution in [0.2, 0.25) is 0 Å². The lowest BCUT2D eigenvalue weighted by molar-refractivity contribution is 0.0735. The van der Waals surface area contributed by atoms with E-state index in [1.54, 1.807) is 26.2 Å². The average molecular weight is 312 g/mol. The molecule has 0 bridgehead atoms. The maximum atomic E-state index is 12.7. The summed E-state index contributed by atoms with van der Waals surface area (Å²) in [4.78, 5) is 14.4. The van der Waals surface area contributed by atoms with Crippen LogP contribution >= 0.6 is 0 Å². The third-order valence-corrected chi connectivity index (χ3v) is 4.09. The number of hydrogen-bond acceptors (Lipinski definition) is 4. The number of rotatable bonds is 3. The van der Waals surface area contributed by atoms with Crippen molar-refractivity contribution in [3.8, 4) is 11.5 Å². The Balaban J connectivity index is 2.04. The molecular formula is C18H20N2O3. The van der Waals surface area contributed by atoms with Gasteiger partial charge in [0.2, 0.25) is 0 Å². The summed E-state index contributed by atoms with van der Waals surface area (Å²) in [5, 5.41) is 3.42. The molecule has 1 aliphatic rings. The third kappa shape index (κ3) is 2.70. The standard InChI is InChI=1S/C18H20N2O3/c1-11-5-6-16-15(7-11)18(21)20(2)17(19-16)12-8-13(22-3)10-14(9-12)23-4/h5-10,17,19H,1-4H3. The minimum Gasteiger partial charge on any atom is -0.497 e. The lowest BCUT2D eigenvalue weighted by Crippen LogP contribution is -2.40. The SMILES string of the molecule is COc1cc(OC)cc(C2Nc3ccc(C)cc3C(=O)N2C)c1. The van der Waals surface area contributed by atoms with Gasteiger partial charge in [-0.2, -0.15) is 0 Å². The van der Waals surface area contributed by atoms with Gasteiger partial charge in [-0.05, 0) is 31.2 Å². The number of nitrogens with zero attached hydrogens (tertiary/aromatic N) is 1. The summed E-state index contributed by atoms with van der Waals surface area (Å²) >= 11 is 0. The number of hydrogen-bond donors (Lipinski definition) is 1. The number of nitrogens with one attached hydrogen (secondary N) is 1. The number of carbonyl (C=O) groups is 1. The zero-order valence-electron chi connectivity index (χ0n) is 13.7. The molecule has 120 valence electrons. The van der Waals surface area contributed by atoms with Gasteiger partial charge in [-0.3, -0.25) is 4.79 Å². The minimum absolute atomic E-state index is 0.00534. The molecule has 0 spiro atoms. The molecule has 0 saturated carbocycles. The topological polar surface area (TPSA) is 50.8 Å². The number of aryl methyl sites for hydroxylation is 1. The number of anilines is 1. The molecule has 0 radical (unpaired) electrons. The monoisotopic (exact) mass is 312 g/mol. The molecule has 1 atom stereocenters. The van der Waals surface area contributed by atoms with Crippen LogP contribution in [0.3, 0.4) is 0 Å². The molecule has 1 amide bonds. The zero-order chi connectivity index (χ0) is 16.6. The van der Waals surface area contributed by atoms with Gasteiger partial charge in [-0.25, -0.2) is 0 Å². The largest absolute Gasteiger partial charge is 0.497 e. The lowest BCUT2D eigenvalue weighted by atomic mass is 10.0. The van der Waals surface area contributed by atoms with E-state index in [4.69, 9.17) is 9.47 Å². The molecule has 1 unspecified atom stereocenters. The Kier molecular flexibility index (Phi) is 3.86. The number of benzene rings is 2. The molecule has 3 rings (SSSR count). The molecule has 0 aliphatic carbocycles. The van der Waals surface area contributed by atoms with Gasteiger partial charge in [0.25, 0.3) is 5.91 Å². The second-order valence-electron chi connectivity index (χ2n) is 5.66. The van der Waals surface area contributed by atoms with Crippen LogP contribution in [-0.2, 0) is 0 Å². The van der Waals surface area contributed by atoms with Crippen molar-refractivity contribution in [2.45, 2.75) is 13.1 Å². The number of ether oxygens (including phenoxy) is 2. The highest BCUT2D eigenvalue weighted by Gasteiger charge is 2.30. The van der Waals surface area contributed by atoms with Gasteiger partial charge in [-0.1, -0.05) is 11.6 Å². The molecule has 2 aromatic carbocycles. The van der Waals surface area contributed by atoms with Gasteiger partial charge in [-0.15, -0.1) is 0 Å². The highest BCUT2D eigenvalue weighted by molar-refractivity contribution is 6.01. The Morgan fingerprint density at radius 2 is 1.70 bits per heavy atom. The quantitative estimate of drug-likeness (QED) is 0.945. The molecule has 0 fully saturated rings. The Bertz CT molecular complexity index is 736. The summed E-state index contributed by atoms with van der Waals surface area (Å²) in [6, 6.07) is 11.5. The Hall–Kier alpha value is -2.69. The Labute approximate surface area is 135 Å². The van der Waals surface area contributed by atoms with Gasteiger partial charge < -0.3 is 19.7 Å². The van der Waals surface area contributed by atoms with Crippen LogP contribution in [0.1, 0.15) is 27.7 Å². The molecule has 2 aromatic rings. The molecule has 0 aromatic heterocycles. The maximum absolute atomic E-state index is 12.7. The number of fused-ring (bicyclic) bond motifs is 1. The van der Waals surface area contributed by atoms with Crippen LogP contribution in [0.4, 0.5) is 5.69 Å². The number of methoxy groups -OCH3 is 2. The summed E-state index contributed by atoms with van der Waals surface area (Å²) in [6.07, 6.45) is -0.276. The summed E-state index contributed by atoms with van der Waals surface area (Å²) < 4.78 is 10.6. The molecule has 0 saturated heterocycles. The van der Waals surface area contributed by atoms with E-state index in [0.29, 0.717) is 17.1 Å². The molecule has 23 heavy (non-hydrogen) atoms. The minimum atomic E-state index is -0.276. The first kappa shape index (κ1) is 15.2. The van der Waals surface area contributed by atoms with E-state index >= 15 is 0 Å². The van der Waals surface area contributed by atoms with Gasteiger partial charge >= 0.3 is 0 Å². The van der Waals surface area contributed by atoms with E-state index in [2.05, 4.69) is 5.32 Å². The Morgan fingerprint density at radius 1 is 1.04 bits per heavy atom. The van der Waals surface area contributed by atoms with Crippen molar-refractivity contribution < 1.29 is 14.3 Å². The van der Waals surface area contributed by atoms with Crippen LogP contribution in [-0.4, -0.2) is 32.1 Å². The van der Waals surface area contributed by atoms with Crippen molar-refractivity contribution in [2.24, 2.45) is 0 Å². The van der Waals surface area contributed by atoms with Crippen molar-refractivity contribution in [2.75, 3.05) is 26.6 Å². The third-order valence-electron chi connectivity index (χ3n) is 4.09. The maximum Gasteiger partial charge on any atom is 0.257 e. The fraction of sp³-hybridized carbons (Fsp3) is 0.278. The molecule has 1 N–H and O–H groups in total. The number of amides is 1. The molecule has 5 nitrogen and oxygen atoms in total. The molecule has 1 heterocycles. The van der Waals surface area contributed by atoms with E-state index in [9.17, 15) is 4.79 Å². The summed E-state index contributed by atoms with van der Waals surface area (Å²) in [5.74, 6) is 1.38. The smallest absolute Gasteiger partial charge is 0.257 e. The van der Waals surface area contributed by atoms with E-state index in [-0.39, 0.29) is 12.1 Å². The van der Waals surface area contributed by atoms with Crippen LogP contribution in [0, 0.1) is 6.92 Å². The fourth-order valence-electron chi connectivity index (χ4n) is 2.81.